The molecule has 0 saturated heterocycles. The Morgan fingerprint density at radius 2 is 2.06 bits per heavy atom. The number of hydrogen-bond acceptors (Lipinski definition) is 3. The van der Waals surface area contributed by atoms with Gasteiger partial charge in [0.05, 0.1) is 6.54 Å². The van der Waals surface area contributed by atoms with E-state index in [-0.39, 0.29) is 5.41 Å². The topological polar surface area (TPSA) is 42.4 Å². The lowest BCUT2D eigenvalue weighted by molar-refractivity contribution is 0.172. The molecule has 3 heteroatoms. The monoisotopic (exact) mass is 224 g/mol. The summed E-state index contributed by atoms with van der Waals surface area (Å²) in [6, 6.07) is 4.06. The fourth-order valence-corrected chi connectivity index (χ4v) is 1.74. The van der Waals surface area contributed by atoms with Gasteiger partial charge in [0, 0.05) is 6.54 Å². The van der Waals surface area contributed by atoms with E-state index in [9.17, 15) is 0 Å². The lowest BCUT2D eigenvalue weighted by Gasteiger charge is -2.30. The van der Waals surface area contributed by atoms with Crippen molar-refractivity contribution in [2.75, 3.05) is 19.6 Å². The Kier molecular flexibility index (Phi) is 4.56. The highest BCUT2D eigenvalue weighted by Gasteiger charge is 2.19. The second-order valence-corrected chi connectivity index (χ2v) is 5.18. The van der Waals surface area contributed by atoms with Gasteiger partial charge in [-0.3, -0.25) is 4.90 Å². The van der Waals surface area contributed by atoms with Gasteiger partial charge in [0.2, 0.25) is 0 Å². The molecule has 0 atom stereocenters. The van der Waals surface area contributed by atoms with Crippen LogP contribution in [0.4, 0.5) is 0 Å². The van der Waals surface area contributed by atoms with Gasteiger partial charge in [0.15, 0.2) is 0 Å². The van der Waals surface area contributed by atoms with E-state index in [1.54, 1.807) is 0 Å². The van der Waals surface area contributed by atoms with Crippen molar-refractivity contribution in [3.8, 4) is 0 Å². The van der Waals surface area contributed by atoms with E-state index in [1.807, 2.05) is 19.1 Å². The third-order valence-electron chi connectivity index (χ3n) is 2.83. The van der Waals surface area contributed by atoms with Crippen LogP contribution in [0.3, 0.4) is 0 Å². The van der Waals surface area contributed by atoms with Crippen LogP contribution in [-0.2, 0) is 6.54 Å². The molecule has 0 aliphatic heterocycles. The van der Waals surface area contributed by atoms with Gasteiger partial charge in [0.25, 0.3) is 0 Å². The summed E-state index contributed by atoms with van der Waals surface area (Å²) in [6.07, 6.45) is 0. The maximum Gasteiger partial charge on any atom is 0.118 e. The Morgan fingerprint density at radius 3 is 2.50 bits per heavy atom. The lowest BCUT2D eigenvalue weighted by Crippen LogP contribution is -2.38. The first-order valence-corrected chi connectivity index (χ1v) is 5.94. The van der Waals surface area contributed by atoms with Crippen LogP contribution in [0.5, 0.6) is 0 Å². The Labute approximate surface area is 98.6 Å². The van der Waals surface area contributed by atoms with E-state index in [2.05, 4.69) is 25.7 Å². The van der Waals surface area contributed by atoms with E-state index in [4.69, 9.17) is 10.2 Å². The summed E-state index contributed by atoms with van der Waals surface area (Å²) in [4.78, 5) is 2.37. The van der Waals surface area contributed by atoms with Gasteiger partial charge in [-0.15, -0.1) is 0 Å². The summed E-state index contributed by atoms with van der Waals surface area (Å²) in [5, 5.41) is 0. The van der Waals surface area contributed by atoms with Gasteiger partial charge in [-0.25, -0.2) is 0 Å². The maximum atomic E-state index is 5.76. The minimum absolute atomic E-state index is 0.164. The summed E-state index contributed by atoms with van der Waals surface area (Å²) in [5.41, 5.74) is 5.92. The minimum Gasteiger partial charge on any atom is -0.465 e. The first-order chi connectivity index (χ1) is 7.46. The molecule has 1 heterocycles. The molecule has 0 aliphatic rings. The molecule has 0 aromatic carbocycles. The van der Waals surface area contributed by atoms with Crippen LogP contribution in [0.2, 0.25) is 0 Å². The Hall–Kier alpha value is -0.800. The molecule has 0 spiro atoms. The van der Waals surface area contributed by atoms with Crippen molar-refractivity contribution in [1.82, 2.24) is 4.90 Å². The molecule has 0 radical (unpaired) electrons. The molecule has 1 rings (SSSR count). The van der Waals surface area contributed by atoms with Gasteiger partial charge in [-0.2, -0.15) is 0 Å². The van der Waals surface area contributed by atoms with Crippen LogP contribution < -0.4 is 5.73 Å². The van der Waals surface area contributed by atoms with Crippen LogP contribution in [0, 0.1) is 12.3 Å². The van der Waals surface area contributed by atoms with Crippen molar-refractivity contribution < 1.29 is 4.42 Å². The normalized spacial score (nSPS) is 12.4. The first kappa shape index (κ1) is 13.3. The summed E-state index contributed by atoms with van der Waals surface area (Å²) in [5.74, 6) is 2.01. The highest BCUT2D eigenvalue weighted by molar-refractivity contribution is 5.05. The predicted molar refractivity (Wildman–Crippen MR) is 67.2 cm³/mol. The third-order valence-corrected chi connectivity index (χ3v) is 2.83. The number of nitrogens with zero attached hydrogens (tertiary/aromatic N) is 1. The second kappa shape index (κ2) is 5.51. The number of hydrogen-bond donors (Lipinski definition) is 1. The molecular weight excluding hydrogens is 200 g/mol. The fourth-order valence-electron chi connectivity index (χ4n) is 1.74. The quantitative estimate of drug-likeness (QED) is 0.806. The molecule has 1 aromatic heterocycles. The molecule has 92 valence electrons. The zero-order valence-electron chi connectivity index (χ0n) is 10.9. The standard InChI is InChI=1S/C13H24N2O/c1-5-15(10-13(3,4)9-14)8-12-7-6-11(2)16-12/h6-7H,5,8-10,14H2,1-4H3. The molecule has 1 aromatic rings. The summed E-state index contributed by atoms with van der Waals surface area (Å²) in [6.45, 7) is 12.1. The van der Waals surface area contributed by atoms with Gasteiger partial charge >= 0.3 is 0 Å². The smallest absolute Gasteiger partial charge is 0.118 e. The molecule has 16 heavy (non-hydrogen) atoms. The van der Waals surface area contributed by atoms with Crippen LogP contribution in [0.15, 0.2) is 16.5 Å². The van der Waals surface area contributed by atoms with Gasteiger partial charge in [-0.1, -0.05) is 20.8 Å². The number of furan rings is 1. The average molecular weight is 224 g/mol. The molecular formula is C13H24N2O. The summed E-state index contributed by atoms with van der Waals surface area (Å²) in [7, 11) is 0. The lowest BCUT2D eigenvalue weighted by atomic mass is 9.93. The molecule has 0 bridgehead atoms. The molecule has 0 aliphatic carbocycles. The molecule has 3 nitrogen and oxygen atoms in total. The van der Waals surface area contributed by atoms with E-state index in [0.29, 0.717) is 6.54 Å². The number of aryl methyl sites for hydroxylation is 1. The molecule has 2 N–H and O–H groups in total. The number of rotatable bonds is 6. The predicted octanol–water partition coefficient (Wildman–Crippen LogP) is 2.39. The van der Waals surface area contributed by atoms with Crippen molar-refractivity contribution in [3.63, 3.8) is 0 Å². The second-order valence-electron chi connectivity index (χ2n) is 5.18. The van der Waals surface area contributed by atoms with Gasteiger partial charge in [-0.05, 0) is 37.6 Å². The van der Waals surface area contributed by atoms with Crippen LogP contribution >= 0.6 is 0 Å². The van der Waals surface area contributed by atoms with Crippen LogP contribution in [-0.4, -0.2) is 24.5 Å². The molecule has 0 saturated carbocycles. The van der Waals surface area contributed by atoms with E-state index >= 15 is 0 Å². The number of nitrogens with two attached hydrogens (primary N) is 1. The minimum atomic E-state index is 0.164. The highest BCUT2D eigenvalue weighted by Crippen LogP contribution is 2.17. The molecule has 0 fully saturated rings. The van der Waals surface area contributed by atoms with E-state index in [0.717, 1.165) is 31.2 Å². The zero-order valence-corrected chi connectivity index (χ0v) is 10.9. The van der Waals surface area contributed by atoms with E-state index < -0.39 is 0 Å². The van der Waals surface area contributed by atoms with Crippen molar-refractivity contribution >= 4 is 0 Å². The fraction of sp³-hybridized carbons (Fsp3) is 0.692. The van der Waals surface area contributed by atoms with Crippen LogP contribution in [0.25, 0.3) is 0 Å². The molecule has 0 unspecified atom stereocenters. The van der Waals surface area contributed by atoms with Crippen molar-refractivity contribution in [3.05, 3.63) is 23.7 Å². The Balaban J connectivity index is 2.55. The van der Waals surface area contributed by atoms with Crippen molar-refractivity contribution in [2.45, 2.75) is 34.2 Å². The largest absolute Gasteiger partial charge is 0.465 e. The van der Waals surface area contributed by atoms with Crippen LogP contribution in [0.1, 0.15) is 32.3 Å². The summed E-state index contributed by atoms with van der Waals surface area (Å²) < 4.78 is 5.59. The van der Waals surface area contributed by atoms with Gasteiger partial charge < -0.3 is 10.2 Å². The Bertz CT molecular complexity index is 317. The zero-order chi connectivity index (χ0) is 12.2. The third kappa shape index (κ3) is 3.99. The first-order valence-electron chi connectivity index (χ1n) is 5.94. The maximum absolute atomic E-state index is 5.76. The highest BCUT2D eigenvalue weighted by atomic mass is 16.3. The average Bonchev–Trinajstić information content (AvgIpc) is 2.63. The van der Waals surface area contributed by atoms with Gasteiger partial charge in [0.1, 0.15) is 11.5 Å². The Morgan fingerprint density at radius 1 is 1.38 bits per heavy atom. The SMILES string of the molecule is CCN(Cc1ccc(C)o1)CC(C)(C)CN. The van der Waals surface area contributed by atoms with Crippen molar-refractivity contribution in [2.24, 2.45) is 11.1 Å². The van der Waals surface area contributed by atoms with E-state index in [1.165, 1.54) is 0 Å². The summed E-state index contributed by atoms with van der Waals surface area (Å²) >= 11 is 0. The molecule has 0 amide bonds. The van der Waals surface area contributed by atoms with Crippen molar-refractivity contribution in [1.29, 1.82) is 0 Å².